The molecule has 0 aromatic carbocycles. The van der Waals surface area contributed by atoms with Crippen molar-refractivity contribution in [2.24, 2.45) is 0 Å². The third kappa shape index (κ3) is 52.0. The Morgan fingerprint density at radius 2 is 0.703 bits per heavy atom. The predicted octanol–water partition coefficient (Wildman–Crippen LogP) is 18.7. The highest BCUT2D eigenvalue weighted by Gasteiger charge is 2.17. The molecule has 1 unspecified atom stereocenters. The molecule has 0 fully saturated rings. The maximum absolute atomic E-state index is 12.8. The summed E-state index contributed by atoms with van der Waals surface area (Å²) in [6.07, 6.45) is 70.6. The minimum absolute atomic E-state index is 0.0672. The van der Waals surface area contributed by atoms with E-state index < -0.39 is 6.10 Å². The summed E-state index contributed by atoms with van der Waals surface area (Å²) in [5.41, 5.74) is 0. The van der Waals surface area contributed by atoms with E-state index in [1.54, 1.807) is 0 Å². The van der Waals surface area contributed by atoms with Gasteiger partial charge in [0, 0.05) is 19.4 Å². The van der Waals surface area contributed by atoms with Crippen molar-refractivity contribution in [3.8, 4) is 0 Å². The first-order valence-corrected chi connectivity index (χ1v) is 27.5. The summed E-state index contributed by atoms with van der Waals surface area (Å²) in [7, 11) is 0. The largest absolute Gasteiger partial charge is 0.462 e. The van der Waals surface area contributed by atoms with Gasteiger partial charge in [-0.1, -0.05) is 235 Å². The van der Waals surface area contributed by atoms with Crippen LogP contribution in [0.25, 0.3) is 0 Å². The van der Waals surface area contributed by atoms with Gasteiger partial charge in [-0.3, -0.25) is 9.59 Å². The molecule has 0 saturated heterocycles. The third-order valence-electron chi connectivity index (χ3n) is 11.7. The summed E-state index contributed by atoms with van der Waals surface area (Å²) in [4.78, 5) is 25.4. The van der Waals surface area contributed by atoms with Gasteiger partial charge >= 0.3 is 11.9 Å². The van der Waals surface area contributed by atoms with E-state index in [-0.39, 0.29) is 25.2 Å². The molecule has 0 heterocycles. The molecule has 0 aromatic rings. The molecule has 1 atom stereocenters. The number of rotatable bonds is 50. The highest BCUT2D eigenvalue weighted by molar-refractivity contribution is 5.70. The second kappa shape index (κ2) is 54.7. The maximum Gasteiger partial charge on any atom is 0.306 e. The number of unbranched alkanes of at least 4 members (excludes halogenated alkanes) is 27. The molecule has 0 aliphatic rings. The highest BCUT2D eigenvalue weighted by Crippen LogP contribution is 2.15. The van der Waals surface area contributed by atoms with E-state index in [0.29, 0.717) is 19.4 Å². The minimum atomic E-state index is -0.551. The van der Waals surface area contributed by atoms with E-state index in [2.05, 4.69) is 93.7 Å². The first kappa shape index (κ1) is 61.3. The Labute approximate surface area is 397 Å². The summed E-state index contributed by atoms with van der Waals surface area (Å²) >= 11 is 0. The number of allylic oxidation sites excluding steroid dienone is 12. The van der Waals surface area contributed by atoms with Gasteiger partial charge < -0.3 is 14.2 Å². The molecule has 0 rings (SSSR count). The van der Waals surface area contributed by atoms with Crippen LogP contribution in [0.1, 0.15) is 265 Å². The van der Waals surface area contributed by atoms with Crippen LogP contribution in [-0.2, 0) is 23.8 Å². The maximum atomic E-state index is 12.8. The lowest BCUT2D eigenvalue weighted by Gasteiger charge is -2.18. The molecule has 0 aliphatic heterocycles. The average molecular weight is 893 g/mol. The second-order valence-electron chi connectivity index (χ2n) is 18.1. The third-order valence-corrected chi connectivity index (χ3v) is 11.7. The first-order valence-electron chi connectivity index (χ1n) is 27.5. The molecule has 370 valence electrons. The zero-order valence-corrected chi connectivity index (χ0v) is 42.5. The minimum Gasteiger partial charge on any atom is -0.462 e. The van der Waals surface area contributed by atoms with Crippen molar-refractivity contribution in [1.29, 1.82) is 0 Å². The van der Waals surface area contributed by atoms with Crippen LogP contribution in [0, 0.1) is 0 Å². The van der Waals surface area contributed by atoms with E-state index >= 15 is 0 Å². The molecule has 0 saturated carbocycles. The molecule has 0 aromatic heterocycles. The fourth-order valence-electron chi connectivity index (χ4n) is 7.65. The van der Waals surface area contributed by atoms with Crippen molar-refractivity contribution in [2.75, 3.05) is 19.8 Å². The van der Waals surface area contributed by atoms with Crippen LogP contribution < -0.4 is 0 Å². The van der Waals surface area contributed by atoms with Gasteiger partial charge in [-0.2, -0.15) is 0 Å². The van der Waals surface area contributed by atoms with Crippen LogP contribution in [0.5, 0.6) is 0 Å². The van der Waals surface area contributed by atoms with Gasteiger partial charge in [-0.05, 0) is 89.9 Å². The molecule has 0 amide bonds. The molecule has 0 spiro atoms. The summed E-state index contributed by atoms with van der Waals surface area (Å²) in [6.45, 7) is 7.69. The van der Waals surface area contributed by atoms with E-state index in [1.165, 1.54) is 148 Å². The fraction of sp³-hybridized carbons (Fsp3) is 0.763. The lowest BCUT2D eigenvalue weighted by molar-refractivity contribution is -0.163. The number of esters is 2. The van der Waals surface area contributed by atoms with Crippen LogP contribution in [0.15, 0.2) is 72.9 Å². The van der Waals surface area contributed by atoms with E-state index in [4.69, 9.17) is 14.2 Å². The topological polar surface area (TPSA) is 61.8 Å². The molecule has 64 heavy (non-hydrogen) atoms. The number of carbonyl (C=O) groups is 2. The second-order valence-corrected chi connectivity index (χ2v) is 18.1. The molecule has 5 nitrogen and oxygen atoms in total. The average Bonchev–Trinajstić information content (AvgIpc) is 3.30. The smallest absolute Gasteiger partial charge is 0.306 e. The van der Waals surface area contributed by atoms with Crippen LogP contribution in [0.4, 0.5) is 0 Å². The number of hydrogen-bond donors (Lipinski definition) is 0. The number of ether oxygens (including phenoxy) is 3. The zero-order chi connectivity index (χ0) is 46.3. The molecule has 0 bridgehead atoms. The number of carbonyl (C=O) groups excluding carboxylic acids is 2. The van der Waals surface area contributed by atoms with Gasteiger partial charge in [-0.15, -0.1) is 0 Å². The van der Waals surface area contributed by atoms with Crippen LogP contribution in [-0.4, -0.2) is 37.9 Å². The van der Waals surface area contributed by atoms with Crippen molar-refractivity contribution >= 4 is 11.9 Å². The van der Waals surface area contributed by atoms with Crippen molar-refractivity contribution in [3.05, 3.63) is 72.9 Å². The highest BCUT2D eigenvalue weighted by atomic mass is 16.6. The van der Waals surface area contributed by atoms with Gasteiger partial charge in [-0.25, -0.2) is 0 Å². The van der Waals surface area contributed by atoms with Crippen LogP contribution in [0.3, 0.4) is 0 Å². The van der Waals surface area contributed by atoms with Crippen molar-refractivity contribution in [3.63, 3.8) is 0 Å². The Bertz CT molecular complexity index is 1150. The molecule has 0 aliphatic carbocycles. The van der Waals surface area contributed by atoms with Gasteiger partial charge in [0.2, 0.25) is 0 Å². The summed E-state index contributed by atoms with van der Waals surface area (Å²) in [5.74, 6) is -0.430. The van der Waals surface area contributed by atoms with Crippen molar-refractivity contribution < 1.29 is 23.8 Å². The lowest BCUT2D eigenvalue weighted by atomic mass is 10.1. The van der Waals surface area contributed by atoms with Gasteiger partial charge in [0.15, 0.2) is 6.10 Å². The van der Waals surface area contributed by atoms with Crippen LogP contribution in [0.2, 0.25) is 0 Å². The Morgan fingerprint density at radius 1 is 0.359 bits per heavy atom. The van der Waals surface area contributed by atoms with Crippen LogP contribution >= 0.6 is 0 Å². The normalized spacial score (nSPS) is 12.7. The Morgan fingerprint density at radius 3 is 1.16 bits per heavy atom. The molecular formula is C59H104O5. The Hall–Kier alpha value is -2.66. The van der Waals surface area contributed by atoms with E-state index in [9.17, 15) is 9.59 Å². The lowest BCUT2D eigenvalue weighted by Crippen LogP contribution is -2.30. The molecule has 0 N–H and O–H groups in total. The monoisotopic (exact) mass is 893 g/mol. The van der Waals surface area contributed by atoms with Gasteiger partial charge in [0.05, 0.1) is 6.61 Å². The Balaban J connectivity index is 4.28. The number of hydrogen-bond acceptors (Lipinski definition) is 5. The first-order chi connectivity index (χ1) is 31.6. The van der Waals surface area contributed by atoms with Crippen molar-refractivity contribution in [1.82, 2.24) is 0 Å². The van der Waals surface area contributed by atoms with Gasteiger partial charge in [0.25, 0.3) is 0 Å². The van der Waals surface area contributed by atoms with E-state index in [1.807, 2.05) is 0 Å². The SMILES string of the molecule is CC/C=C\C/C=C\C/C=C\C/C=C\C/C=C\CCCCCC(=O)OCC(COCCCCCCCCCC/C=C\CCCCCCCC)OC(=O)CCCCCCCCCCCCC. The van der Waals surface area contributed by atoms with Gasteiger partial charge in [0.1, 0.15) is 6.61 Å². The van der Waals surface area contributed by atoms with E-state index in [0.717, 1.165) is 83.5 Å². The van der Waals surface area contributed by atoms with Crippen molar-refractivity contribution in [2.45, 2.75) is 271 Å². The predicted molar refractivity (Wildman–Crippen MR) is 279 cm³/mol. The quantitative estimate of drug-likeness (QED) is 0.0346. The standard InChI is InChI=1S/C59H104O5/c1-4-7-10-13-16-19-22-24-26-28-30-31-33-35-38-40-43-46-49-52-58(60)63-56-57(64-59(61)53-50-47-44-41-37-21-18-15-12-9-6-3)55-62-54-51-48-45-42-39-36-34-32-29-27-25-23-20-17-14-11-8-5-2/h7,10,16,19,24-27,30-31,35,38,57H,4-6,8-9,11-15,17-18,20-23,28-29,32-34,36-37,39-56H2,1-3H3/b10-7-,19-16-,26-24-,27-25-,31-30-,38-35-. The Kier molecular flexibility index (Phi) is 52.4. The molecule has 0 radical (unpaired) electrons. The molecular weight excluding hydrogens is 789 g/mol. The summed E-state index contributed by atoms with van der Waals surface area (Å²) in [5, 5.41) is 0. The summed E-state index contributed by atoms with van der Waals surface area (Å²) < 4.78 is 17.4. The zero-order valence-electron chi connectivity index (χ0n) is 42.5. The molecule has 5 heteroatoms. The summed E-state index contributed by atoms with van der Waals surface area (Å²) in [6, 6.07) is 0. The fourth-order valence-corrected chi connectivity index (χ4v) is 7.65.